The number of hydrogen-bond donors (Lipinski definition) is 2. The molecule has 1 amide bonds. The second-order valence-electron chi connectivity index (χ2n) is 5.42. The summed E-state index contributed by atoms with van der Waals surface area (Å²) in [5.41, 5.74) is 2.19. The zero-order valence-corrected chi connectivity index (χ0v) is 11.7. The van der Waals surface area contributed by atoms with Crippen molar-refractivity contribution >= 4 is 22.8 Å². The highest BCUT2D eigenvalue weighted by Gasteiger charge is 2.27. The number of benzene rings is 1. The molecule has 2 N–H and O–H groups in total. The normalized spacial score (nSPS) is 15.7. The van der Waals surface area contributed by atoms with Gasteiger partial charge in [0.05, 0.1) is 11.1 Å². The van der Waals surface area contributed by atoms with E-state index in [1.807, 2.05) is 24.3 Å². The molecule has 21 heavy (non-hydrogen) atoms. The maximum atomic E-state index is 12.4. The average molecular weight is 284 g/mol. The molecule has 108 valence electrons. The molecule has 0 radical (unpaired) electrons. The van der Waals surface area contributed by atoms with E-state index in [9.17, 15) is 9.59 Å². The Morgan fingerprint density at radius 2 is 2.05 bits per heavy atom. The van der Waals surface area contributed by atoms with Crippen molar-refractivity contribution in [3.8, 4) is 0 Å². The van der Waals surface area contributed by atoms with Gasteiger partial charge < -0.3 is 10.4 Å². The second-order valence-corrected chi connectivity index (χ2v) is 5.42. The van der Waals surface area contributed by atoms with Crippen molar-refractivity contribution in [3.63, 3.8) is 0 Å². The Kier molecular flexibility index (Phi) is 3.33. The average Bonchev–Trinajstić information content (AvgIpc) is 3.30. The minimum absolute atomic E-state index is 0.370. The number of hydrogen-bond acceptors (Lipinski definition) is 3. The molecule has 1 fully saturated rings. The lowest BCUT2D eigenvalue weighted by Crippen LogP contribution is -2.38. The van der Waals surface area contributed by atoms with Crippen LogP contribution < -0.4 is 5.32 Å². The van der Waals surface area contributed by atoms with Gasteiger partial charge in [0, 0.05) is 17.0 Å². The lowest BCUT2D eigenvalue weighted by Gasteiger charge is -2.12. The number of pyridine rings is 1. The summed E-state index contributed by atoms with van der Waals surface area (Å²) in [6.07, 6.45) is 2.19. The number of aliphatic carboxylic acids is 1. The number of carbonyl (C=O) groups excluding carboxylic acids is 1. The van der Waals surface area contributed by atoms with Crippen LogP contribution in [0.3, 0.4) is 0 Å². The number of amides is 1. The van der Waals surface area contributed by atoms with Gasteiger partial charge in [0.25, 0.3) is 5.91 Å². The van der Waals surface area contributed by atoms with Crippen LogP contribution in [0, 0.1) is 0 Å². The van der Waals surface area contributed by atoms with Crippen LogP contribution >= 0.6 is 0 Å². The summed E-state index contributed by atoms with van der Waals surface area (Å²) in [7, 11) is 0. The lowest BCUT2D eigenvalue weighted by molar-refractivity contribution is -0.138. The molecule has 3 rings (SSSR count). The fraction of sp³-hybridized carbons (Fsp3) is 0.312. The largest absolute Gasteiger partial charge is 0.480 e. The van der Waals surface area contributed by atoms with Gasteiger partial charge in [-0.3, -0.25) is 14.6 Å². The van der Waals surface area contributed by atoms with Crippen LogP contribution in [-0.4, -0.2) is 28.0 Å². The molecule has 1 aromatic carbocycles. The molecule has 1 aliphatic carbocycles. The molecule has 5 nitrogen and oxygen atoms in total. The first-order valence-electron chi connectivity index (χ1n) is 6.99. The molecule has 1 heterocycles. The van der Waals surface area contributed by atoms with Gasteiger partial charge in [-0.1, -0.05) is 18.2 Å². The number of carbonyl (C=O) groups is 2. The Morgan fingerprint density at radius 3 is 2.71 bits per heavy atom. The van der Waals surface area contributed by atoms with Crippen molar-refractivity contribution in [1.82, 2.24) is 10.3 Å². The van der Waals surface area contributed by atoms with Crippen LogP contribution in [0.15, 0.2) is 30.3 Å². The first kappa shape index (κ1) is 13.5. The van der Waals surface area contributed by atoms with Crippen molar-refractivity contribution in [3.05, 3.63) is 41.6 Å². The van der Waals surface area contributed by atoms with E-state index in [-0.39, 0.29) is 5.91 Å². The topological polar surface area (TPSA) is 79.3 Å². The summed E-state index contributed by atoms with van der Waals surface area (Å²) in [6, 6.07) is 8.31. The van der Waals surface area contributed by atoms with E-state index in [2.05, 4.69) is 10.3 Å². The predicted molar refractivity (Wildman–Crippen MR) is 78.3 cm³/mol. The zero-order chi connectivity index (χ0) is 15.0. The van der Waals surface area contributed by atoms with Crippen LogP contribution in [0.5, 0.6) is 0 Å². The summed E-state index contributed by atoms with van der Waals surface area (Å²) in [5.74, 6) is -0.993. The molecule has 1 saturated carbocycles. The summed E-state index contributed by atoms with van der Waals surface area (Å²) < 4.78 is 0. The van der Waals surface area contributed by atoms with Crippen LogP contribution in [0.1, 0.15) is 41.7 Å². The van der Waals surface area contributed by atoms with Crippen molar-refractivity contribution in [2.45, 2.75) is 31.7 Å². The number of carboxylic acid groups (broad SMARTS) is 1. The molecule has 1 aromatic heterocycles. The molecule has 0 bridgehead atoms. The molecular formula is C16H16N2O3. The molecule has 1 atom stereocenters. The van der Waals surface area contributed by atoms with Crippen LogP contribution in [0.25, 0.3) is 10.9 Å². The fourth-order valence-corrected chi connectivity index (χ4v) is 2.31. The molecule has 2 aromatic rings. The van der Waals surface area contributed by atoms with Gasteiger partial charge in [-0.15, -0.1) is 0 Å². The zero-order valence-electron chi connectivity index (χ0n) is 11.7. The van der Waals surface area contributed by atoms with E-state index in [4.69, 9.17) is 5.11 Å². The molecule has 0 unspecified atom stereocenters. The van der Waals surface area contributed by atoms with Crippen molar-refractivity contribution in [1.29, 1.82) is 0 Å². The first-order valence-corrected chi connectivity index (χ1v) is 6.99. The van der Waals surface area contributed by atoms with E-state index in [0.29, 0.717) is 11.5 Å². The van der Waals surface area contributed by atoms with E-state index < -0.39 is 12.0 Å². The Morgan fingerprint density at radius 1 is 1.33 bits per heavy atom. The Hall–Kier alpha value is -2.43. The van der Waals surface area contributed by atoms with E-state index >= 15 is 0 Å². The van der Waals surface area contributed by atoms with Gasteiger partial charge in [0.2, 0.25) is 0 Å². The van der Waals surface area contributed by atoms with Gasteiger partial charge >= 0.3 is 5.97 Å². The minimum atomic E-state index is -1.05. The van der Waals surface area contributed by atoms with Gasteiger partial charge in [-0.05, 0) is 31.9 Å². The number of carboxylic acids is 1. The predicted octanol–water partition coefficient (Wildman–Crippen LogP) is 2.32. The molecule has 0 spiro atoms. The number of rotatable bonds is 4. The van der Waals surface area contributed by atoms with Crippen LogP contribution in [0.2, 0.25) is 0 Å². The third-order valence-electron chi connectivity index (χ3n) is 3.69. The third-order valence-corrected chi connectivity index (χ3v) is 3.69. The quantitative estimate of drug-likeness (QED) is 0.903. The van der Waals surface area contributed by atoms with E-state index in [0.717, 1.165) is 29.4 Å². The van der Waals surface area contributed by atoms with Gasteiger partial charge in [0.15, 0.2) is 0 Å². The number of aromatic nitrogens is 1. The highest BCUT2D eigenvalue weighted by molar-refractivity contribution is 6.07. The standard InChI is InChI=1S/C16H16N2O3/c1-9(16(20)21)17-15(19)12-8-14(10-6-7-10)18-13-5-3-2-4-11(12)13/h2-5,8-10H,6-7H2,1H3,(H,17,19)(H,20,21)/t9-/m0/s1. The van der Waals surface area contributed by atoms with E-state index in [1.165, 1.54) is 6.92 Å². The highest BCUT2D eigenvalue weighted by atomic mass is 16.4. The Bertz CT molecular complexity index is 723. The maximum absolute atomic E-state index is 12.4. The van der Waals surface area contributed by atoms with Gasteiger partial charge in [-0.2, -0.15) is 0 Å². The Labute approximate surface area is 122 Å². The maximum Gasteiger partial charge on any atom is 0.325 e. The molecule has 0 saturated heterocycles. The molecular weight excluding hydrogens is 268 g/mol. The SMILES string of the molecule is C[C@H](NC(=O)c1cc(C2CC2)nc2ccccc12)C(=O)O. The van der Waals surface area contributed by atoms with Gasteiger partial charge in [0.1, 0.15) is 6.04 Å². The first-order chi connectivity index (χ1) is 10.1. The number of para-hydroxylation sites is 1. The van der Waals surface area contributed by atoms with E-state index in [1.54, 1.807) is 6.07 Å². The van der Waals surface area contributed by atoms with Crippen molar-refractivity contribution in [2.24, 2.45) is 0 Å². The van der Waals surface area contributed by atoms with Gasteiger partial charge in [-0.25, -0.2) is 0 Å². The Balaban J connectivity index is 2.03. The van der Waals surface area contributed by atoms with Crippen molar-refractivity contribution < 1.29 is 14.7 Å². The summed E-state index contributed by atoms with van der Waals surface area (Å²) in [6.45, 7) is 1.45. The minimum Gasteiger partial charge on any atom is -0.480 e. The highest BCUT2D eigenvalue weighted by Crippen LogP contribution is 2.40. The molecule has 0 aliphatic heterocycles. The second kappa shape index (κ2) is 5.16. The monoisotopic (exact) mass is 284 g/mol. The van der Waals surface area contributed by atoms with Crippen LogP contribution in [0.4, 0.5) is 0 Å². The van der Waals surface area contributed by atoms with Crippen LogP contribution in [-0.2, 0) is 4.79 Å². The lowest BCUT2D eigenvalue weighted by atomic mass is 10.0. The number of nitrogens with zero attached hydrogens (tertiary/aromatic N) is 1. The number of nitrogens with one attached hydrogen (secondary N) is 1. The molecule has 5 heteroatoms. The smallest absolute Gasteiger partial charge is 0.325 e. The molecule has 1 aliphatic rings. The fourth-order valence-electron chi connectivity index (χ4n) is 2.31. The van der Waals surface area contributed by atoms with Crippen molar-refractivity contribution in [2.75, 3.05) is 0 Å². The summed E-state index contributed by atoms with van der Waals surface area (Å²) in [4.78, 5) is 27.9. The summed E-state index contributed by atoms with van der Waals surface area (Å²) in [5, 5.41) is 12.2. The number of fused-ring (bicyclic) bond motifs is 1. The summed E-state index contributed by atoms with van der Waals surface area (Å²) >= 11 is 0. The third kappa shape index (κ3) is 2.72.